The van der Waals surface area contributed by atoms with E-state index in [-0.39, 0.29) is 46.9 Å². The molecule has 0 saturated heterocycles. The fourth-order valence-electron chi connectivity index (χ4n) is 4.15. The summed E-state index contributed by atoms with van der Waals surface area (Å²) >= 11 is 0. The molecule has 0 saturated carbocycles. The number of carbonyl (C=O) groups excluding carboxylic acids is 1. The summed E-state index contributed by atoms with van der Waals surface area (Å²) in [6.45, 7) is 2.25. The molecule has 0 radical (unpaired) electrons. The molecule has 4 rings (SSSR count). The van der Waals surface area contributed by atoms with Crippen LogP contribution in [0.4, 0.5) is 36.3 Å². The number of aliphatic hydroxyl groups excluding tert-OH is 1. The number of rotatable bonds is 12. The molecule has 0 aliphatic rings. The molecular formula is C27H30F3N8O6P. The molecule has 3 aromatic heterocycles. The van der Waals surface area contributed by atoms with Crippen molar-refractivity contribution < 1.29 is 42.2 Å². The number of aromatic nitrogens is 5. The lowest BCUT2D eigenvalue weighted by Crippen LogP contribution is -2.21. The van der Waals surface area contributed by atoms with Gasteiger partial charge in [-0.1, -0.05) is 13.0 Å². The Bertz CT molecular complexity index is 1730. The van der Waals surface area contributed by atoms with E-state index in [1.807, 2.05) is 6.92 Å². The van der Waals surface area contributed by atoms with Gasteiger partial charge in [-0.2, -0.15) is 23.3 Å². The monoisotopic (exact) mass is 650 g/mol. The quantitative estimate of drug-likeness (QED) is 0.121. The number of alkyl halides is 3. The molecule has 1 atom stereocenters. The number of methoxy groups -OCH3 is 1. The van der Waals surface area contributed by atoms with Crippen LogP contribution in [0.3, 0.4) is 0 Å². The van der Waals surface area contributed by atoms with E-state index in [0.717, 1.165) is 0 Å². The molecule has 14 nitrogen and oxygen atoms in total. The van der Waals surface area contributed by atoms with Crippen molar-refractivity contribution in [3.05, 3.63) is 65.7 Å². The van der Waals surface area contributed by atoms with Gasteiger partial charge in [-0.3, -0.25) is 14.0 Å². The molecule has 0 spiro atoms. The first-order valence-electron chi connectivity index (χ1n) is 13.3. The number of halogens is 3. The second kappa shape index (κ2) is 13.6. The van der Waals surface area contributed by atoms with Crippen LogP contribution in [0.1, 0.15) is 28.5 Å². The second-order valence-electron chi connectivity index (χ2n) is 9.97. The Labute approximate surface area is 254 Å². The largest absolute Gasteiger partial charge is 0.495 e. The first-order valence-corrected chi connectivity index (χ1v) is 15.1. The van der Waals surface area contributed by atoms with E-state index >= 15 is 0 Å². The highest BCUT2D eigenvalue weighted by Gasteiger charge is 2.36. The molecule has 6 N–H and O–H groups in total. The third kappa shape index (κ3) is 8.54. The van der Waals surface area contributed by atoms with Gasteiger partial charge in [0.2, 0.25) is 5.95 Å². The number of amides is 1. The van der Waals surface area contributed by atoms with Gasteiger partial charge in [0.25, 0.3) is 5.91 Å². The number of nitrogens with one attached hydrogen (secondary N) is 3. The molecule has 0 aliphatic carbocycles. The summed E-state index contributed by atoms with van der Waals surface area (Å²) in [5.41, 5.74) is -0.151. The molecule has 0 fully saturated rings. The smallest absolute Gasteiger partial charge is 0.421 e. The third-order valence-electron chi connectivity index (χ3n) is 6.32. The standard InChI is InChI=1S/C27H30F3N8O6P/c1-15(13-39)11-38-12-17(9-33-38)19-6-7-21(23(34-19)25(40)31-2)35-24-18(27(28,29)30)10-32-26(37-24)36-20-5-4-16(8-22(20)44-3)14-45(41,42)43/h4-10,12,15,39H,11,13-14H2,1-3H3,(H,31,40)(H2,41,42,43)(H2,32,35,36,37). The van der Waals surface area contributed by atoms with Crippen molar-refractivity contribution in [1.29, 1.82) is 0 Å². The number of carbonyl (C=O) groups is 1. The zero-order valence-electron chi connectivity index (χ0n) is 24.2. The summed E-state index contributed by atoms with van der Waals surface area (Å²) in [5.74, 6) is -1.55. The number of aliphatic hydroxyl groups is 1. The highest BCUT2D eigenvalue weighted by molar-refractivity contribution is 7.50. The van der Waals surface area contributed by atoms with Crippen LogP contribution in [0.5, 0.6) is 5.75 Å². The average molecular weight is 651 g/mol. The molecule has 0 aliphatic heterocycles. The number of benzene rings is 1. The fraction of sp³-hybridized carbons (Fsp3) is 0.296. The maximum absolute atomic E-state index is 14.0. The van der Waals surface area contributed by atoms with E-state index in [1.54, 1.807) is 10.9 Å². The number of hydrogen-bond donors (Lipinski definition) is 6. The molecule has 240 valence electrons. The Hall–Kier alpha value is -4.57. The maximum atomic E-state index is 14.0. The molecule has 18 heteroatoms. The summed E-state index contributed by atoms with van der Waals surface area (Å²) in [7, 11) is -1.71. The lowest BCUT2D eigenvalue weighted by molar-refractivity contribution is -0.137. The van der Waals surface area contributed by atoms with Gasteiger partial charge in [0.15, 0.2) is 5.69 Å². The topological polar surface area (TPSA) is 197 Å². The summed E-state index contributed by atoms with van der Waals surface area (Å²) in [4.78, 5) is 43.4. The van der Waals surface area contributed by atoms with E-state index in [2.05, 4.69) is 36.0 Å². The Balaban J connectivity index is 1.69. The average Bonchev–Trinajstić information content (AvgIpc) is 3.44. The first kappa shape index (κ1) is 33.3. The van der Waals surface area contributed by atoms with Crippen LogP contribution in [-0.4, -0.2) is 66.3 Å². The Kier molecular flexibility index (Phi) is 10.1. The van der Waals surface area contributed by atoms with Crippen LogP contribution in [0.2, 0.25) is 0 Å². The number of anilines is 4. The predicted molar refractivity (Wildman–Crippen MR) is 157 cm³/mol. The van der Waals surface area contributed by atoms with Crippen LogP contribution in [0.15, 0.2) is 48.9 Å². The van der Waals surface area contributed by atoms with Crippen LogP contribution >= 0.6 is 7.60 Å². The van der Waals surface area contributed by atoms with Gasteiger partial charge in [-0.05, 0) is 35.7 Å². The van der Waals surface area contributed by atoms with Crippen molar-refractivity contribution in [2.24, 2.45) is 5.92 Å². The minimum atomic E-state index is -4.87. The summed E-state index contributed by atoms with van der Waals surface area (Å²) in [6.07, 6.45) is -1.66. The summed E-state index contributed by atoms with van der Waals surface area (Å²) in [6, 6.07) is 7.08. The number of hydrogen-bond acceptors (Lipinski definition) is 10. The van der Waals surface area contributed by atoms with Gasteiger partial charge in [-0.25, -0.2) is 9.97 Å². The lowest BCUT2D eigenvalue weighted by Gasteiger charge is -2.17. The van der Waals surface area contributed by atoms with Crippen LogP contribution in [0.25, 0.3) is 11.3 Å². The van der Waals surface area contributed by atoms with E-state index in [1.165, 1.54) is 50.7 Å². The zero-order valence-corrected chi connectivity index (χ0v) is 25.1. The van der Waals surface area contributed by atoms with Crippen LogP contribution < -0.4 is 20.7 Å². The molecule has 1 unspecified atom stereocenters. The van der Waals surface area contributed by atoms with Crippen LogP contribution in [0, 0.1) is 5.92 Å². The van der Waals surface area contributed by atoms with E-state index in [4.69, 9.17) is 4.74 Å². The summed E-state index contributed by atoms with van der Waals surface area (Å²) in [5, 5.41) is 21.3. The van der Waals surface area contributed by atoms with Gasteiger partial charge in [-0.15, -0.1) is 0 Å². The van der Waals surface area contributed by atoms with Gasteiger partial charge in [0.1, 0.15) is 17.1 Å². The van der Waals surface area contributed by atoms with E-state index < -0.39 is 37.2 Å². The zero-order chi connectivity index (χ0) is 32.9. The minimum absolute atomic E-state index is 0.0337. The Morgan fingerprint density at radius 3 is 2.49 bits per heavy atom. The molecule has 3 heterocycles. The van der Waals surface area contributed by atoms with E-state index in [9.17, 15) is 37.4 Å². The van der Waals surface area contributed by atoms with Crippen molar-refractivity contribution in [2.45, 2.75) is 25.8 Å². The SMILES string of the molecule is CNC(=O)c1nc(-c2cnn(CC(C)CO)c2)ccc1Nc1nc(Nc2ccc(CP(=O)(O)O)cc2OC)ncc1C(F)(F)F. The second-order valence-corrected chi connectivity index (χ2v) is 11.6. The lowest BCUT2D eigenvalue weighted by atomic mass is 10.1. The van der Waals surface area contributed by atoms with E-state index in [0.29, 0.717) is 24.0 Å². The Morgan fingerprint density at radius 1 is 1.11 bits per heavy atom. The highest BCUT2D eigenvalue weighted by atomic mass is 31.2. The number of pyridine rings is 1. The van der Waals surface area contributed by atoms with Crippen molar-refractivity contribution in [1.82, 2.24) is 30.0 Å². The van der Waals surface area contributed by atoms with Crippen molar-refractivity contribution in [2.75, 3.05) is 31.4 Å². The Morgan fingerprint density at radius 2 is 1.84 bits per heavy atom. The molecule has 1 aromatic carbocycles. The summed E-state index contributed by atoms with van der Waals surface area (Å²) < 4.78 is 60.2. The van der Waals surface area contributed by atoms with Gasteiger partial charge in [0.05, 0.1) is 36.5 Å². The normalized spacial score (nSPS) is 12.5. The third-order valence-corrected chi connectivity index (χ3v) is 7.10. The predicted octanol–water partition coefficient (Wildman–Crippen LogP) is 3.92. The minimum Gasteiger partial charge on any atom is -0.495 e. The highest BCUT2D eigenvalue weighted by Crippen LogP contribution is 2.41. The number of nitrogens with zero attached hydrogens (tertiary/aromatic N) is 5. The molecule has 45 heavy (non-hydrogen) atoms. The maximum Gasteiger partial charge on any atom is 0.421 e. The fourth-order valence-corrected chi connectivity index (χ4v) is 4.83. The molecule has 1 amide bonds. The van der Waals surface area contributed by atoms with Gasteiger partial charge < -0.3 is 35.6 Å². The van der Waals surface area contributed by atoms with Crippen molar-refractivity contribution in [3.8, 4) is 17.0 Å². The number of ether oxygens (including phenoxy) is 1. The first-order chi connectivity index (χ1) is 21.2. The molecule has 0 bridgehead atoms. The van der Waals surface area contributed by atoms with Gasteiger partial charge in [0, 0.05) is 38.2 Å². The van der Waals surface area contributed by atoms with Crippen molar-refractivity contribution in [3.63, 3.8) is 0 Å². The molecule has 4 aromatic rings. The van der Waals surface area contributed by atoms with Crippen molar-refractivity contribution >= 4 is 36.6 Å². The molecular weight excluding hydrogens is 620 g/mol. The van der Waals surface area contributed by atoms with Crippen LogP contribution in [-0.2, 0) is 23.4 Å². The van der Waals surface area contributed by atoms with Gasteiger partial charge >= 0.3 is 13.8 Å².